The quantitative estimate of drug-likeness (QED) is 0.733. The molecule has 5 heteroatoms. The van der Waals surface area contributed by atoms with Crippen LogP contribution >= 0.6 is 0 Å². The minimum atomic E-state index is -0.989. The van der Waals surface area contributed by atoms with Gasteiger partial charge in [-0.25, -0.2) is 4.79 Å². The number of amides is 1. The Hall–Kier alpha value is -2.04. The second kappa shape index (κ2) is 9.00. The molecule has 0 aliphatic carbocycles. The van der Waals surface area contributed by atoms with Gasteiger partial charge in [0.1, 0.15) is 11.8 Å². The molecule has 0 saturated heterocycles. The van der Waals surface area contributed by atoms with Crippen molar-refractivity contribution in [2.75, 3.05) is 6.61 Å². The molecule has 1 rings (SSSR count). The van der Waals surface area contributed by atoms with Crippen LogP contribution in [0.5, 0.6) is 5.75 Å². The van der Waals surface area contributed by atoms with Crippen LogP contribution in [0.1, 0.15) is 38.2 Å². The van der Waals surface area contributed by atoms with E-state index in [-0.39, 0.29) is 18.9 Å². The summed E-state index contributed by atoms with van der Waals surface area (Å²) in [7, 11) is 0. The summed E-state index contributed by atoms with van der Waals surface area (Å²) in [6.07, 6.45) is 2.27. The molecule has 0 spiro atoms. The Morgan fingerprint density at radius 2 is 2.14 bits per heavy atom. The number of carboxylic acid groups (broad SMARTS) is 1. The maximum Gasteiger partial charge on any atom is 0.326 e. The van der Waals surface area contributed by atoms with Crippen LogP contribution in [0.2, 0.25) is 0 Å². The van der Waals surface area contributed by atoms with Gasteiger partial charge in [-0.3, -0.25) is 4.79 Å². The molecule has 116 valence electrons. The van der Waals surface area contributed by atoms with Crippen LogP contribution in [0.25, 0.3) is 0 Å². The smallest absolute Gasteiger partial charge is 0.326 e. The SMILES string of the molecule is CCCC[C@H](NC(=O)CCOc1cccc(C)c1)C(=O)O. The molecule has 0 unspecified atom stereocenters. The highest BCUT2D eigenvalue weighted by molar-refractivity contribution is 5.83. The van der Waals surface area contributed by atoms with Gasteiger partial charge in [-0.05, 0) is 31.0 Å². The van der Waals surface area contributed by atoms with E-state index in [2.05, 4.69) is 5.32 Å². The van der Waals surface area contributed by atoms with Crippen molar-refractivity contribution in [2.24, 2.45) is 0 Å². The normalized spacial score (nSPS) is 11.7. The third-order valence-corrected chi connectivity index (χ3v) is 3.07. The van der Waals surface area contributed by atoms with E-state index in [0.29, 0.717) is 12.2 Å². The summed E-state index contributed by atoms with van der Waals surface area (Å²) < 4.78 is 5.47. The molecule has 2 N–H and O–H groups in total. The highest BCUT2D eigenvalue weighted by Gasteiger charge is 2.18. The first kappa shape index (κ1) is 17.0. The van der Waals surface area contributed by atoms with Crippen molar-refractivity contribution >= 4 is 11.9 Å². The first-order valence-electron chi connectivity index (χ1n) is 7.24. The summed E-state index contributed by atoms with van der Waals surface area (Å²) in [6.45, 7) is 4.18. The minimum Gasteiger partial charge on any atom is -0.493 e. The Bertz CT molecular complexity index is 473. The van der Waals surface area contributed by atoms with Gasteiger partial charge in [0.05, 0.1) is 13.0 Å². The van der Waals surface area contributed by atoms with Crippen molar-refractivity contribution in [3.63, 3.8) is 0 Å². The number of carbonyl (C=O) groups excluding carboxylic acids is 1. The van der Waals surface area contributed by atoms with Crippen molar-refractivity contribution in [1.82, 2.24) is 5.32 Å². The van der Waals surface area contributed by atoms with E-state index >= 15 is 0 Å². The zero-order chi connectivity index (χ0) is 15.7. The van der Waals surface area contributed by atoms with Gasteiger partial charge < -0.3 is 15.2 Å². The molecule has 1 aromatic carbocycles. The number of unbranched alkanes of at least 4 members (excludes halogenated alkanes) is 1. The second-order valence-corrected chi connectivity index (χ2v) is 5.02. The van der Waals surface area contributed by atoms with Gasteiger partial charge in [-0.15, -0.1) is 0 Å². The zero-order valence-electron chi connectivity index (χ0n) is 12.6. The molecule has 21 heavy (non-hydrogen) atoms. The molecule has 1 atom stereocenters. The average Bonchev–Trinajstić information content (AvgIpc) is 2.43. The summed E-state index contributed by atoms with van der Waals surface area (Å²) in [5, 5.41) is 11.6. The Balaban J connectivity index is 2.34. The van der Waals surface area contributed by atoms with E-state index in [1.807, 2.05) is 38.1 Å². The molecule has 0 heterocycles. The molecule has 0 fully saturated rings. The largest absolute Gasteiger partial charge is 0.493 e. The number of benzene rings is 1. The molecule has 1 amide bonds. The van der Waals surface area contributed by atoms with E-state index < -0.39 is 12.0 Å². The highest BCUT2D eigenvalue weighted by atomic mass is 16.5. The number of carboxylic acids is 1. The van der Waals surface area contributed by atoms with Gasteiger partial charge in [0, 0.05) is 0 Å². The van der Waals surface area contributed by atoms with Crippen molar-refractivity contribution in [1.29, 1.82) is 0 Å². The van der Waals surface area contributed by atoms with Crippen molar-refractivity contribution in [3.8, 4) is 5.75 Å². The van der Waals surface area contributed by atoms with E-state index in [1.54, 1.807) is 0 Å². The van der Waals surface area contributed by atoms with Crippen LogP contribution in [0.4, 0.5) is 0 Å². The molecule has 0 saturated carbocycles. The summed E-state index contributed by atoms with van der Waals surface area (Å²) in [6, 6.07) is 6.75. The zero-order valence-corrected chi connectivity index (χ0v) is 12.6. The molecule has 5 nitrogen and oxygen atoms in total. The van der Waals surface area contributed by atoms with E-state index in [1.165, 1.54) is 0 Å². The fourth-order valence-corrected chi connectivity index (χ4v) is 1.90. The monoisotopic (exact) mass is 293 g/mol. The Morgan fingerprint density at radius 1 is 1.38 bits per heavy atom. The van der Waals surface area contributed by atoms with E-state index in [0.717, 1.165) is 18.4 Å². The third-order valence-electron chi connectivity index (χ3n) is 3.07. The van der Waals surface area contributed by atoms with Crippen LogP contribution in [0.15, 0.2) is 24.3 Å². The number of rotatable bonds is 9. The first-order chi connectivity index (χ1) is 10.0. The summed E-state index contributed by atoms with van der Waals surface area (Å²) in [5.74, 6) is -0.578. The van der Waals surface area contributed by atoms with Gasteiger partial charge >= 0.3 is 5.97 Å². The number of aryl methyl sites for hydroxylation is 1. The minimum absolute atomic E-state index is 0.143. The van der Waals surface area contributed by atoms with Gasteiger partial charge in [0.15, 0.2) is 0 Å². The average molecular weight is 293 g/mol. The maximum atomic E-state index is 11.7. The summed E-state index contributed by atoms with van der Waals surface area (Å²) in [5.41, 5.74) is 1.09. The number of ether oxygens (including phenoxy) is 1. The number of hydrogen-bond acceptors (Lipinski definition) is 3. The standard InChI is InChI=1S/C16H23NO4/c1-3-4-8-14(16(19)20)17-15(18)9-10-21-13-7-5-6-12(2)11-13/h5-7,11,14H,3-4,8-10H2,1-2H3,(H,17,18)(H,19,20)/t14-/m0/s1. The topological polar surface area (TPSA) is 75.6 Å². The van der Waals surface area contributed by atoms with Gasteiger partial charge in [0.25, 0.3) is 0 Å². The number of nitrogens with one attached hydrogen (secondary N) is 1. The molecule has 0 bridgehead atoms. The van der Waals surface area contributed by atoms with Crippen molar-refractivity contribution in [2.45, 2.75) is 45.6 Å². The summed E-state index contributed by atoms with van der Waals surface area (Å²) in [4.78, 5) is 22.8. The fraction of sp³-hybridized carbons (Fsp3) is 0.500. The second-order valence-electron chi connectivity index (χ2n) is 5.02. The molecule has 0 radical (unpaired) electrons. The van der Waals surface area contributed by atoms with Gasteiger partial charge in [-0.2, -0.15) is 0 Å². The lowest BCUT2D eigenvalue weighted by atomic mass is 10.1. The van der Waals surface area contributed by atoms with Crippen molar-refractivity contribution in [3.05, 3.63) is 29.8 Å². The first-order valence-corrected chi connectivity index (χ1v) is 7.24. The molecule has 0 aliphatic rings. The Labute approximate surface area is 125 Å². The van der Waals surface area contributed by atoms with Crippen LogP contribution in [0, 0.1) is 6.92 Å². The van der Waals surface area contributed by atoms with Crippen LogP contribution in [-0.2, 0) is 9.59 Å². The van der Waals surface area contributed by atoms with Gasteiger partial charge in [0.2, 0.25) is 5.91 Å². The molecule has 1 aromatic rings. The van der Waals surface area contributed by atoms with E-state index in [9.17, 15) is 9.59 Å². The molecular weight excluding hydrogens is 270 g/mol. The van der Waals surface area contributed by atoms with Gasteiger partial charge in [-0.1, -0.05) is 31.9 Å². The number of carbonyl (C=O) groups is 2. The third kappa shape index (κ3) is 6.79. The Kier molecular flexibility index (Phi) is 7.29. The highest BCUT2D eigenvalue weighted by Crippen LogP contribution is 2.12. The molecule has 0 aliphatic heterocycles. The lowest BCUT2D eigenvalue weighted by Gasteiger charge is -2.14. The lowest BCUT2D eigenvalue weighted by molar-refractivity contribution is -0.142. The Morgan fingerprint density at radius 3 is 2.76 bits per heavy atom. The number of hydrogen-bond donors (Lipinski definition) is 2. The maximum absolute atomic E-state index is 11.7. The molecular formula is C16H23NO4. The summed E-state index contributed by atoms with van der Waals surface area (Å²) >= 11 is 0. The number of aliphatic carboxylic acids is 1. The fourth-order valence-electron chi connectivity index (χ4n) is 1.90. The lowest BCUT2D eigenvalue weighted by Crippen LogP contribution is -2.41. The molecule has 0 aromatic heterocycles. The van der Waals surface area contributed by atoms with E-state index in [4.69, 9.17) is 9.84 Å². The van der Waals surface area contributed by atoms with Crippen LogP contribution < -0.4 is 10.1 Å². The van der Waals surface area contributed by atoms with Crippen molar-refractivity contribution < 1.29 is 19.4 Å². The van der Waals surface area contributed by atoms with Crippen LogP contribution in [-0.4, -0.2) is 29.6 Å². The van der Waals surface area contributed by atoms with Crippen LogP contribution in [0.3, 0.4) is 0 Å². The predicted molar refractivity (Wildman–Crippen MR) is 80.4 cm³/mol. The predicted octanol–water partition coefficient (Wildman–Crippen LogP) is 2.52.